The molecule has 0 amide bonds. The van der Waals surface area contributed by atoms with E-state index in [0.717, 1.165) is 49.0 Å². The molecule has 0 radical (unpaired) electrons. The third kappa shape index (κ3) is 2.02. The summed E-state index contributed by atoms with van der Waals surface area (Å²) >= 11 is 0. The van der Waals surface area contributed by atoms with Gasteiger partial charge in [0.25, 0.3) is 0 Å². The zero-order chi connectivity index (χ0) is 16.7. The van der Waals surface area contributed by atoms with Crippen LogP contribution in [0.3, 0.4) is 0 Å². The summed E-state index contributed by atoms with van der Waals surface area (Å²) in [6, 6.07) is 0. The highest BCUT2D eigenvalue weighted by Crippen LogP contribution is 2.69. The zero-order valence-electron chi connectivity index (χ0n) is 15.9. The van der Waals surface area contributed by atoms with Crippen molar-refractivity contribution in [1.82, 2.24) is 0 Å². The van der Waals surface area contributed by atoms with E-state index < -0.39 is 0 Å². The van der Waals surface area contributed by atoms with Gasteiger partial charge in [-0.15, -0.1) is 0 Å². The van der Waals surface area contributed by atoms with Gasteiger partial charge in [-0.3, -0.25) is 0 Å². The molecule has 4 saturated carbocycles. The lowest BCUT2D eigenvalue weighted by Gasteiger charge is -2.61. The summed E-state index contributed by atoms with van der Waals surface area (Å²) in [6.45, 7) is 8.60. The van der Waals surface area contributed by atoms with Crippen LogP contribution < -0.4 is 0 Å². The summed E-state index contributed by atoms with van der Waals surface area (Å²) in [4.78, 5) is 0. The third-order valence-electron chi connectivity index (χ3n) is 9.97. The first-order valence-electron chi connectivity index (χ1n) is 10.7. The molecule has 0 aromatic heterocycles. The lowest BCUT2D eigenvalue weighted by molar-refractivity contribution is -0.129. The molecular formula is C22H36O2. The second-order valence-corrected chi connectivity index (χ2v) is 10.9. The number of ether oxygens (including phenoxy) is 1. The van der Waals surface area contributed by atoms with E-state index in [1.807, 2.05) is 0 Å². The van der Waals surface area contributed by atoms with Crippen LogP contribution in [0.4, 0.5) is 0 Å². The van der Waals surface area contributed by atoms with Crippen LogP contribution in [0.1, 0.15) is 78.6 Å². The molecule has 0 bridgehead atoms. The first kappa shape index (κ1) is 16.1. The van der Waals surface area contributed by atoms with Crippen LogP contribution in [-0.4, -0.2) is 23.4 Å². The van der Waals surface area contributed by atoms with Crippen LogP contribution in [-0.2, 0) is 4.74 Å². The quantitative estimate of drug-likeness (QED) is 0.700. The first-order valence-corrected chi connectivity index (χ1v) is 10.7. The van der Waals surface area contributed by atoms with Crippen LogP contribution in [0, 0.1) is 40.4 Å². The monoisotopic (exact) mass is 332 g/mol. The van der Waals surface area contributed by atoms with Gasteiger partial charge in [0.05, 0.1) is 18.3 Å². The molecular weight excluding hydrogens is 296 g/mol. The molecule has 1 saturated heterocycles. The van der Waals surface area contributed by atoms with Crippen molar-refractivity contribution in [3.8, 4) is 0 Å². The Morgan fingerprint density at radius 2 is 1.54 bits per heavy atom. The Balaban J connectivity index is 1.43. The number of epoxide rings is 1. The van der Waals surface area contributed by atoms with Gasteiger partial charge in [0.15, 0.2) is 0 Å². The molecule has 2 nitrogen and oxygen atoms in total. The summed E-state index contributed by atoms with van der Waals surface area (Å²) in [5, 5.41) is 10.2. The van der Waals surface area contributed by atoms with Gasteiger partial charge in [-0.1, -0.05) is 13.8 Å². The van der Waals surface area contributed by atoms with E-state index in [1.165, 1.54) is 44.9 Å². The SMILES string of the molecule is CC1([C@H]2CC[C@H]3[C@@H]4CC[C@@H]5C[C@H](O)CC[C@]5(C)[C@H]4CC[C@]23C)CO1. The Kier molecular flexibility index (Phi) is 3.36. The Labute approximate surface area is 147 Å². The average Bonchev–Trinajstić information content (AvgIpc) is 3.17. The van der Waals surface area contributed by atoms with Crippen LogP contribution in [0.5, 0.6) is 0 Å². The molecule has 0 aromatic rings. The van der Waals surface area contributed by atoms with E-state index in [4.69, 9.17) is 4.74 Å². The molecule has 2 heteroatoms. The maximum atomic E-state index is 10.2. The lowest BCUT2D eigenvalue weighted by Crippen LogP contribution is -2.54. The Morgan fingerprint density at radius 3 is 2.29 bits per heavy atom. The van der Waals surface area contributed by atoms with Crippen molar-refractivity contribution in [2.75, 3.05) is 6.61 Å². The Bertz CT molecular complexity index is 526. The van der Waals surface area contributed by atoms with Gasteiger partial charge in [0.1, 0.15) is 0 Å². The minimum atomic E-state index is -0.0173. The van der Waals surface area contributed by atoms with Gasteiger partial charge in [0, 0.05) is 0 Å². The fourth-order valence-corrected chi connectivity index (χ4v) is 8.55. The molecule has 0 spiro atoms. The van der Waals surface area contributed by atoms with Crippen LogP contribution in [0.15, 0.2) is 0 Å². The first-order chi connectivity index (χ1) is 11.4. The van der Waals surface area contributed by atoms with Crippen molar-refractivity contribution in [1.29, 1.82) is 0 Å². The fourth-order valence-electron chi connectivity index (χ4n) is 8.55. The summed E-state index contributed by atoms with van der Waals surface area (Å²) in [5.74, 6) is 4.40. The van der Waals surface area contributed by atoms with Gasteiger partial charge >= 0.3 is 0 Å². The van der Waals surface area contributed by atoms with E-state index >= 15 is 0 Å². The molecule has 5 fully saturated rings. The molecule has 136 valence electrons. The topological polar surface area (TPSA) is 32.8 Å². The summed E-state index contributed by atoms with van der Waals surface area (Å²) in [7, 11) is 0. The predicted octanol–water partition coefficient (Wildman–Crippen LogP) is 4.80. The molecule has 24 heavy (non-hydrogen) atoms. The summed E-state index contributed by atoms with van der Waals surface area (Å²) in [6.07, 6.45) is 11.9. The number of hydrogen-bond donors (Lipinski definition) is 1. The van der Waals surface area contributed by atoms with Crippen molar-refractivity contribution in [2.45, 2.75) is 90.3 Å². The van der Waals surface area contributed by atoms with Crippen molar-refractivity contribution >= 4 is 0 Å². The average molecular weight is 333 g/mol. The summed E-state index contributed by atoms with van der Waals surface area (Å²) < 4.78 is 5.92. The minimum absolute atomic E-state index is 0.0173. The van der Waals surface area contributed by atoms with Crippen molar-refractivity contribution in [2.24, 2.45) is 40.4 Å². The van der Waals surface area contributed by atoms with E-state index in [0.29, 0.717) is 10.8 Å². The second kappa shape index (κ2) is 5.00. The van der Waals surface area contributed by atoms with E-state index in [9.17, 15) is 5.11 Å². The molecule has 5 rings (SSSR count). The predicted molar refractivity (Wildman–Crippen MR) is 95.6 cm³/mol. The van der Waals surface area contributed by atoms with Crippen LogP contribution in [0.25, 0.3) is 0 Å². The van der Waals surface area contributed by atoms with Crippen LogP contribution in [0.2, 0.25) is 0 Å². The second-order valence-electron chi connectivity index (χ2n) is 10.9. The largest absolute Gasteiger partial charge is 0.393 e. The molecule has 1 unspecified atom stereocenters. The molecule has 1 N–H and O–H groups in total. The fraction of sp³-hybridized carbons (Fsp3) is 1.00. The normalized spacial score (nSPS) is 62.5. The number of fused-ring (bicyclic) bond motifs is 5. The number of hydrogen-bond acceptors (Lipinski definition) is 2. The molecule has 1 heterocycles. The van der Waals surface area contributed by atoms with Gasteiger partial charge in [-0.25, -0.2) is 0 Å². The standard InChI is InChI=1S/C22H36O2/c1-20-10-8-15(23)12-14(20)4-5-16-17-6-7-19(22(3)13-24-22)21(17,2)11-9-18(16)20/h14-19,23H,4-13H2,1-3H3/t14-,15-,16+,17+,18+,19+,20+,21+,22?/m1/s1. The highest BCUT2D eigenvalue weighted by atomic mass is 16.6. The Hall–Kier alpha value is -0.0800. The van der Waals surface area contributed by atoms with Crippen molar-refractivity contribution < 1.29 is 9.84 Å². The smallest absolute Gasteiger partial charge is 0.0921 e. The minimum Gasteiger partial charge on any atom is -0.393 e. The van der Waals surface area contributed by atoms with E-state index in [-0.39, 0.29) is 11.7 Å². The molecule has 1 aliphatic heterocycles. The highest BCUT2D eigenvalue weighted by Gasteiger charge is 2.65. The molecule has 5 aliphatic rings. The lowest BCUT2D eigenvalue weighted by atomic mass is 9.44. The number of aliphatic hydroxyl groups is 1. The maximum Gasteiger partial charge on any atom is 0.0921 e. The van der Waals surface area contributed by atoms with E-state index in [1.54, 1.807) is 0 Å². The van der Waals surface area contributed by atoms with Gasteiger partial charge < -0.3 is 9.84 Å². The van der Waals surface area contributed by atoms with E-state index in [2.05, 4.69) is 20.8 Å². The molecule has 4 aliphatic carbocycles. The number of rotatable bonds is 1. The maximum absolute atomic E-state index is 10.2. The molecule has 0 aromatic carbocycles. The zero-order valence-corrected chi connectivity index (χ0v) is 15.9. The van der Waals surface area contributed by atoms with Gasteiger partial charge in [-0.05, 0) is 105 Å². The third-order valence-corrected chi connectivity index (χ3v) is 9.97. The van der Waals surface area contributed by atoms with Gasteiger partial charge in [-0.2, -0.15) is 0 Å². The number of aliphatic hydroxyl groups excluding tert-OH is 1. The van der Waals surface area contributed by atoms with Crippen molar-refractivity contribution in [3.05, 3.63) is 0 Å². The Morgan fingerprint density at radius 1 is 0.833 bits per heavy atom. The molecule has 9 atom stereocenters. The van der Waals surface area contributed by atoms with Crippen LogP contribution >= 0.6 is 0 Å². The highest BCUT2D eigenvalue weighted by molar-refractivity contribution is 5.13. The van der Waals surface area contributed by atoms with Gasteiger partial charge in [0.2, 0.25) is 0 Å². The van der Waals surface area contributed by atoms with Crippen molar-refractivity contribution in [3.63, 3.8) is 0 Å². The summed E-state index contributed by atoms with van der Waals surface area (Å²) in [5.41, 5.74) is 1.26.